The lowest BCUT2D eigenvalue weighted by atomic mass is 9.94. The molecule has 0 saturated heterocycles. The van der Waals surface area contributed by atoms with Gasteiger partial charge in [0.25, 0.3) is 0 Å². The Labute approximate surface area is 168 Å². The summed E-state index contributed by atoms with van der Waals surface area (Å²) < 4.78 is 94.3. The van der Waals surface area contributed by atoms with E-state index in [9.17, 15) is 30.7 Å². The predicted octanol–water partition coefficient (Wildman–Crippen LogP) is 6.23. The molecule has 3 nitrogen and oxygen atoms in total. The lowest BCUT2D eigenvalue weighted by Crippen LogP contribution is -2.34. The molecule has 2 rings (SSSR count). The maximum absolute atomic E-state index is 14.5. The van der Waals surface area contributed by atoms with Crippen molar-refractivity contribution in [2.75, 3.05) is 11.4 Å². The zero-order valence-electron chi connectivity index (χ0n) is 15.9. The summed E-state index contributed by atoms with van der Waals surface area (Å²) in [5.74, 6) is -0.506. The number of benzene rings is 2. The Bertz CT molecular complexity index is 907. The fourth-order valence-corrected chi connectivity index (χ4v) is 2.79. The molecule has 0 radical (unpaired) electrons. The van der Waals surface area contributed by atoms with Crippen molar-refractivity contribution >= 4 is 5.69 Å². The van der Waals surface area contributed by atoms with E-state index in [2.05, 4.69) is 4.74 Å². The van der Waals surface area contributed by atoms with Crippen LogP contribution in [0.1, 0.15) is 30.5 Å². The second-order valence-electron chi connectivity index (χ2n) is 6.98. The van der Waals surface area contributed by atoms with Crippen molar-refractivity contribution in [1.82, 2.24) is 0 Å². The first-order chi connectivity index (χ1) is 13.7. The molecular formula is C20H17F7N2O. The number of alkyl halides is 7. The molecule has 0 aromatic heterocycles. The molecule has 0 spiro atoms. The van der Waals surface area contributed by atoms with Crippen LogP contribution in [0.5, 0.6) is 5.75 Å². The molecule has 0 amide bonds. The van der Waals surface area contributed by atoms with Crippen LogP contribution in [0.4, 0.5) is 36.4 Å². The number of hydrogen-bond donors (Lipinski definition) is 0. The number of rotatable bonds is 6. The average Bonchev–Trinajstić information content (AvgIpc) is 2.59. The predicted molar refractivity (Wildman–Crippen MR) is 95.5 cm³/mol. The van der Waals surface area contributed by atoms with Gasteiger partial charge in [-0.15, -0.1) is 13.2 Å². The highest BCUT2D eigenvalue weighted by Crippen LogP contribution is 2.33. The molecule has 0 aliphatic rings. The smallest absolute Gasteiger partial charge is 0.406 e. The molecule has 30 heavy (non-hydrogen) atoms. The third-order valence-electron chi connectivity index (χ3n) is 4.03. The quantitative estimate of drug-likeness (QED) is 0.506. The normalized spacial score (nSPS) is 12.4. The standard InChI is InChI=1S/C20H17F7N2O/c1-18(2,21)17-9-15(6-5-14(17)10-28)29(12-19(22,23)24)11-13-3-7-16(8-4-13)30-20(25,26)27/h3-9H,11-12H2,1-2H3. The molecule has 0 unspecified atom stereocenters. The fourth-order valence-electron chi connectivity index (χ4n) is 2.79. The summed E-state index contributed by atoms with van der Waals surface area (Å²) in [5.41, 5.74) is -1.75. The van der Waals surface area contributed by atoms with E-state index in [4.69, 9.17) is 5.26 Å². The van der Waals surface area contributed by atoms with E-state index in [-0.39, 0.29) is 28.9 Å². The van der Waals surface area contributed by atoms with Gasteiger partial charge in [0.15, 0.2) is 0 Å². The highest BCUT2D eigenvalue weighted by atomic mass is 19.4. The minimum atomic E-state index is -4.89. The first-order valence-electron chi connectivity index (χ1n) is 8.58. The van der Waals surface area contributed by atoms with E-state index in [0.717, 1.165) is 17.0 Å². The van der Waals surface area contributed by atoms with Crippen LogP contribution in [0.3, 0.4) is 0 Å². The number of hydrogen-bond acceptors (Lipinski definition) is 3. The Morgan fingerprint density at radius 3 is 2.00 bits per heavy atom. The molecular weight excluding hydrogens is 417 g/mol. The van der Waals surface area contributed by atoms with Gasteiger partial charge in [-0.25, -0.2) is 4.39 Å². The molecule has 0 aliphatic heterocycles. The van der Waals surface area contributed by atoms with Crippen LogP contribution in [-0.2, 0) is 12.2 Å². The molecule has 0 fully saturated rings. The van der Waals surface area contributed by atoms with Gasteiger partial charge in [-0.3, -0.25) is 0 Å². The Hall–Kier alpha value is -2.96. The van der Waals surface area contributed by atoms with Gasteiger partial charge in [0.05, 0.1) is 11.6 Å². The molecule has 0 aliphatic carbocycles. The Morgan fingerprint density at radius 1 is 0.933 bits per heavy atom. The van der Waals surface area contributed by atoms with Crippen molar-refractivity contribution in [3.63, 3.8) is 0 Å². The molecule has 0 atom stereocenters. The Balaban J connectivity index is 2.37. The molecule has 10 heteroatoms. The molecule has 0 bridgehead atoms. The monoisotopic (exact) mass is 434 g/mol. The lowest BCUT2D eigenvalue weighted by molar-refractivity contribution is -0.274. The second-order valence-corrected chi connectivity index (χ2v) is 6.98. The van der Waals surface area contributed by atoms with E-state index >= 15 is 0 Å². The van der Waals surface area contributed by atoms with Gasteiger partial charge in [0, 0.05) is 17.8 Å². The Kier molecular flexibility index (Phi) is 6.54. The largest absolute Gasteiger partial charge is 0.573 e. The zero-order chi connectivity index (χ0) is 22.7. The van der Waals surface area contributed by atoms with Crippen molar-refractivity contribution in [1.29, 1.82) is 5.26 Å². The number of anilines is 1. The summed E-state index contributed by atoms with van der Waals surface area (Å²) in [4.78, 5) is 0.899. The van der Waals surface area contributed by atoms with Crippen LogP contribution in [0.2, 0.25) is 0 Å². The lowest BCUT2D eigenvalue weighted by Gasteiger charge is -2.28. The minimum absolute atomic E-state index is 0.00754. The summed E-state index contributed by atoms with van der Waals surface area (Å²) in [5, 5.41) is 9.14. The first kappa shape index (κ1) is 23.3. The van der Waals surface area contributed by atoms with Crippen LogP contribution in [-0.4, -0.2) is 19.1 Å². The number of nitriles is 1. The molecule has 2 aromatic carbocycles. The third-order valence-corrected chi connectivity index (χ3v) is 4.03. The van der Waals surface area contributed by atoms with E-state index < -0.39 is 30.5 Å². The van der Waals surface area contributed by atoms with Crippen LogP contribution >= 0.6 is 0 Å². The van der Waals surface area contributed by atoms with Crippen LogP contribution in [0.25, 0.3) is 0 Å². The number of ether oxygens (including phenoxy) is 1. The molecule has 0 heterocycles. The summed E-state index contributed by atoms with van der Waals surface area (Å²) in [6, 6.07) is 9.86. The molecule has 0 saturated carbocycles. The van der Waals surface area contributed by atoms with E-state index in [0.29, 0.717) is 0 Å². The number of nitrogens with zero attached hydrogens (tertiary/aromatic N) is 2. The van der Waals surface area contributed by atoms with Gasteiger partial charge < -0.3 is 9.64 Å². The van der Waals surface area contributed by atoms with Gasteiger partial charge in [0.2, 0.25) is 0 Å². The number of halogens is 7. The van der Waals surface area contributed by atoms with Gasteiger partial charge in [-0.2, -0.15) is 18.4 Å². The van der Waals surface area contributed by atoms with Crippen molar-refractivity contribution in [3.8, 4) is 11.8 Å². The van der Waals surface area contributed by atoms with Crippen LogP contribution in [0, 0.1) is 11.3 Å². The van der Waals surface area contributed by atoms with Gasteiger partial charge in [-0.05, 0) is 49.7 Å². The van der Waals surface area contributed by atoms with Crippen LogP contribution < -0.4 is 9.64 Å². The molecule has 0 N–H and O–H groups in total. The van der Waals surface area contributed by atoms with E-state index in [1.54, 1.807) is 6.07 Å². The highest BCUT2D eigenvalue weighted by molar-refractivity contribution is 5.56. The maximum atomic E-state index is 14.5. The van der Waals surface area contributed by atoms with Crippen molar-refractivity contribution < 1.29 is 35.5 Å². The second kappa shape index (κ2) is 8.42. The summed E-state index contributed by atoms with van der Waals surface area (Å²) in [6.07, 6.45) is -9.49. The van der Waals surface area contributed by atoms with E-state index in [1.807, 2.05) is 0 Å². The topological polar surface area (TPSA) is 36.3 Å². The van der Waals surface area contributed by atoms with Crippen molar-refractivity contribution in [2.24, 2.45) is 0 Å². The average molecular weight is 434 g/mol. The molecule has 162 valence electrons. The molecule has 2 aromatic rings. The minimum Gasteiger partial charge on any atom is -0.406 e. The SMILES string of the molecule is CC(C)(F)c1cc(N(Cc2ccc(OC(F)(F)F)cc2)CC(F)(F)F)ccc1C#N. The van der Waals surface area contributed by atoms with E-state index in [1.165, 1.54) is 44.2 Å². The maximum Gasteiger partial charge on any atom is 0.573 e. The summed E-state index contributed by atoms with van der Waals surface area (Å²) in [6.45, 7) is 0.663. The zero-order valence-corrected chi connectivity index (χ0v) is 15.9. The Morgan fingerprint density at radius 2 is 1.53 bits per heavy atom. The van der Waals surface area contributed by atoms with Crippen LogP contribution in [0.15, 0.2) is 42.5 Å². The van der Waals surface area contributed by atoms with Gasteiger partial charge in [0.1, 0.15) is 18.0 Å². The fraction of sp³-hybridized carbons (Fsp3) is 0.350. The van der Waals surface area contributed by atoms with Crippen molar-refractivity contribution in [3.05, 3.63) is 59.2 Å². The van der Waals surface area contributed by atoms with Gasteiger partial charge in [-0.1, -0.05) is 12.1 Å². The van der Waals surface area contributed by atoms with Crippen molar-refractivity contribution in [2.45, 2.75) is 38.6 Å². The summed E-state index contributed by atoms with van der Waals surface area (Å²) >= 11 is 0. The van der Waals surface area contributed by atoms with Gasteiger partial charge >= 0.3 is 12.5 Å². The first-order valence-corrected chi connectivity index (χ1v) is 8.58. The highest BCUT2D eigenvalue weighted by Gasteiger charge is 2.33. The third kappa shape index (κ3) is 6.83. The summed E-state index contributed by atoms with van der Waals surface area (Å²) in [7, 11) is 0.